The van der Waals surface area contributed by atoms with Gasteiger partial charge in [0.1, 0.15) is 12.1 Å². The van der Waals surface area contributed by atoms with Crippen molar-refractivity contribution in [1.29, 1.82) is 0 Å². The number of carbonyl (C=O) groups is 3. The third-order valence-corrected chi connectivity index (χ3v) is 6.28. The number of urea groups is 1. The van der Waals surface area contributed by atoms with Gasteiger partial charge in [-0.2, -0.15) is 0 Å². The Morgan fingerprint density at radius 3 is 2.66 bits per heavy atom. The van der Waals surface area contributed by atoms with Crippen molar-refractivity contribution in [3.8, 4) is 0 Å². The molecule has 1 saturated heterocycles. The fraction of sp³-hybridized carbons (Fsp3) is 0.286. The van der Waals surface area contributed by atoms with E-state index >= 15 is 0 Å². The molecule has 2 heterocycles. The average Bonchev–Trinajstić information content (AvgIpc) is 2.96. The number of nitro benzene ring substituents is 1. The van der Waals surface area contributed by atoms with E-state index in [0.717, 1.165) is 4.90 Å². The summed E-state index contributed by atoms with van der Waals surface area (Å²) >= 11 is 12.2. The maximum absolute atomic E-state index is 13.2. The number of nitrogens with zero attached hydrogens (tertiary/aromatic N) is 3. The van der Waals surface area contributed by atoms with E-state index in [2.05, 4.69) is 5.32 Å². The summed E-state index contributed by atoms with van der Waals surface area (Å²) in [6, 6.07) is 8.18. The summed E-state index contributed by atoms with van der Waals surface area (Å²) in [5.74, 6) is -1.07. The molecular weight excluding hydrogens is 459 g/mol. The van der Waals surface area contributed by atoms with Gasteiger partial charge in [-0.1, -0.05) is 29.3 Å². The quantitative estimate of drug-likeness (QED) is 0.411. The molecule has 1 unspecified atom stereocenters. The van der Waals surface area contributed by atoms with Gasteiger partial charge in [0.25, 0.3) is 11.6 Å². The molecule has 1 atom stereocenters. The minimum Gasteiger partial charge on any atom is -0.319 e. The van der Waals surface area contributed by atoms with Gasteiger partial charge < -0.3 is 10.2 Å². The van der Waals surface area contributed by atoms with Crippen LogP contribution >= 0.6 is 23.2 Å². The highest BCUT2D eigenvalue weighted by atomic mass is 35.5. The van der Waals surface area contributed by atoms with Gasteiger partial charge in [-0.3, -0.25) is 24.6 Å². The standard InChI is InChI=1S/C21H18Cl2N4O5/c1-21(15-6-4-13(22)10-16(15)23)19(29)26(20(30)24-21)11-18(28)25-8-2-3-12-9-14(27(31)32)5-7-17(12)25/h4-7,9-10H,2-3,8,11H2,1H3,(H,24,30). The molecule has 0 radical (unpaired) electrons. The van der Waals surface area contributed by atoms with Crippen LogP contribution in [0.25, 0.3) is 0 Å². The maximum atomic E-state index is 13.2. The monoisotopic (exact) mass is 476 g/mol. The summed E-state index contributed by atoms with van der Waals surface area (Å²) in [5, 5.41) is 14.3. The van der Waals surface area contributed by atoms with Gasteiger partial charge in [0.05, 0.1) is 4.92 Å². The van der Waals surface area contributed by atoms with Crippen LogP contribution in [0.3, 0.4) is 0 Å². The van der Waals surface area contributed by atoms with E-state index in [9.17, 15) is 24.5 Å². The molecule has 9 nitrogen and oxygen atoms in total. The van der Waals surface area contributed by atoms with Crippen molar-refractivity contribution in [3.63, 3.8) is 0 Å². The Hall–Kier alpha value is -3.17. The van der Waals surface area contributed by atoms with Crippen LogP contribution in [-0.4, -0.2) is 40.8 Å². The Kier molecular flexibility index (Phi) is 5.56. The lowest BCUT2D eigenvalue weighted by Crippen LogP contribution is -2.46. The van der Waals surface area contributed by atoms with Crippen LogP contribution in [0.4, 0.5) is 16.2 Å². The molecule has 0 aliphatic carbocycles. The van der Waals surface area contributed by atoms with Crippen molar-refractivity contribution in [2.24, 2.45) is 0 Å². The predicted octanol–water partition coefficient (Wildman–Crippen LogP) is 3.65. The van der Waals surface area contributed by atoms with Gasteiger partial charge in [-0.25, -0.2) is 4.79 Å². The van der Waals surface area contributed by atoms with E-state index in [4.69, 9.17) is 23.2 Å². The van der Waals surface area contributed by atoms with Crippen LogP contribution in [0.15, 0.2) is 36.4 Å². The zero-order chi connectivity index (χ0) is 23.2. The highest BCUT2D eigenvalue weighted by molar-refractivity contribution is 6.35. The Morgan fingerprint density at radius 1 is 1.22 bits per heavy atom. The molecule has 4 rings (SSSR count). The first kappa shape index (κ1) is 22.0. The molecule has 0 bridgehead atoms. The van der Waals surface area contributed by atoms with E-state index in [1.807, 2.05) is 0 Å². The number of rotatable bonds is 4. The summed E-state index contributed by atoms with van der Waals surface area (Å²) in [6.07, 6.45) is 1.20. The molecule has 2 aliphatic rings. The van der Waals surface area contributed by atoms with Crippen LogP contribution in [0, 0.1) is 10.1 Å². The molecule has 2 aromatic carbocycles. The summed E-state index contributed by atoms with van der Waals surface area (Å²) in [7, 11) is 0. The molecule has 2 aliphatic heterocycles. The van der Waals surface area contributed by atoms with E-state index in [1.165, 1.54) is 36.1 Å². The van der Waals surface area contributed by atoms with Crippen molar-refractivity contribution < 1.29 is 19.3 Å². The molecule has 11 heteroatoms. The molecule has 32 heavy (non-hydrogen) atoms. The number of non-ortho nitro benzene ring substituents is 1. The topological polar surface area (TPSA) is 113 Å². The second-order valence-electron chi connectivity index (χ2n) is 7.79. The van der Waals surface area contributed by atoms with Crippen molar-refractivity contribution in [3.05, 3.63) is 67.7 Å². The summed E-state index contributed by atoms with van der Waals surface area (Å²) < 4.78 is 0. The fourth-order valence-corrected chi connectivity index (χ4v) is 4.69. The summed E-state index contributed by atoms with van der Waals surface area (Å²) in [6.45, 7) is 1.43. The molecule has 0 spiro atoms. The number of fused-ring (bicyclic) bond motifs is 1. The van der Waals surface area contributed by atoms with E-state index in [-0.39, 0.29) is 10.7 Å². The molecule has 0 saturated carbocycles. The lowest BCUT2D eigenvalue weighted by Gasteiger charge is -2.30. The first-order valence-corrected chi connectivity index (χ1v) is 10.5. The lowest BCUT2D eigenvalue weighted by molar-refractivity contribution is -0.384. The van der Waals surface area contributed by atoms with Crippen molar-refractivity contribution in [2.45, 2.75) is 25.3 Å². The first-order chi connectivity index (χ1) is 15.1. The van der Waals surface area contributed by atoms with Crippen LogP contribution < -0.4 is 10.2 Å². The van der Waals surface area contributed by atoms with Gasteiger partial charge in [0, 0.05) is 40.0 Å². The van der Waals surface area contributed by atoms with Crippen LogP contribution in [0.5, 0.6) is 0 Å². The molecule has 1 fully saturated rings. The summed E-state index contributed by atoms with van der Waals surface area (Å²) in [4.78, 5) is 51.7. The number of halogens is 2. The summed E-state index contributed by atoms with van der Waals surface area (Å²) in [5.41, 5.74) is 0.0888. The number of benzene rings is 2. The van der Waals surface area contributed by atoms with Crippen molar-refractivity contribution in [2.75, 3.05) is 18.0 Å². The Labute approximate surface area is 193 Å². The minimum absolute atomic E-state index is 0.0530. The number of hydrogen-bond donors (Lipinski definition) is 1. The number of aryl methyl sites for hydroxylation is 1. The highest BCUT2D eigenvalue weighted by Gasteiger charge is 2.50. The smallest absolute Gasteiger partial charge is 0.319 e. The van der Waals surface area contributed by atoms with Crippen molar-refractivity contribution in [1.82, 2.24) is 10.2 Å². The first-order valence-electron chi connectivity index (χ1n) is 9.79. The van der Waals surface area contributed by atoms with Gasteiger partial charge >= 0.3 is 6.03 Å². The molecule has 1 N–H and O–H groups in total. The molecule has 4 amide bonds. The van der Waals surface area contributed by atoms with Gasteiger partial charge in [0.2, 0.25) is 5.91 Å². The van der Waals surface area contributed by atoms with Gasteiger partial charge in [-0.15, -0.1) is 0 Å². The maximum Gasteiger partial charge on any atom is 0.325 e. The average molecular weight is 477 g/mol. The number of imide groups is 1. The highest BCUT2D eigenvalue weighted by Crippen LogP contribution is 2.35. The zero-order valence-electron chi connectivity index (χ0n) is 16.9. The van der Waals surface area contributed by atoms with Crippen molar-refractivity contribution >= 4 is 52.4 Å². The second kappa shape index (κ2) is 8.07. The number of hydrogen-bond acceptors (Lipinski definition) is 5. The number of anilines is 1. The number of carbonyl (C=O) groups excluding carboxylic acids is 3. The number of nitro groups is 1. The molecule has 0 aromatic heterocycles. The minimum atomic E-state index is -1.44. The van der Waals surface area contributed by atoms with Crippen LogP contribution in [0.1, 0.15) is 24.5 Å². The molecule has 2 aromatic rings. The van der Waals surface area contributed by atoms with Crippen LogP contribution in [0.2, 0.25) is 10.0 Å². The van der Waals surface area contributed by atoms with E-state index in [1.54, 1.807) is 12.1 Å². The Morgan fingerprint density at radius 2 is 1.97 bits per heavy atom. The number of nitrogens with one attached hydrogen (secondary N) is 1. The predicted molar refractivity (Wildman–Crippen MR) is 118 cm³/mol. The molecule has 166 valence electrons. The number of amides is 4. The van der Waals surface area contributed by atoms with Gasteiger partial charge in [0.15, 0.2) is 0 Å². The van der Waals surface area contributed by atoms with Gasteiger partial charge in [-0.05, 0) is 43.5 Å². The Bertz CT molecular complexity index is 1170. The zero-order valence-corrected chi connectivity index (χ0v) is 18.4. The third-order valence-electron chi connectivity index (χ3n) is 5.73. The SMILES string of the molecule is CC1(c2ccc(Cl)cc2Cl)NC(=O)N(CC(=O)N2CCCc3cc([N+](=O)[O-])ccc32)C1=O. The normalized spacial score (nSPS) is 20.2. The lowest BCUT2D eigenvalue weighted by atomic mass is 9.92. The largest absolute Gasteiger partial charge is 0.325 e. The third kappa shape index (κ3) is 3.67. The molecular formula is C21H18Cl2N4O5. The van der Waals surface area contributed by atoms with E-state index < -0.39 is 34.9 Å². The fourth-order valence-electron chi connectivity index (χ4n) is 4.09. The van der Waals surface area contributed by atoms with E-state index in [0.29, 0.717) is 41.2 Å². The second-order valence-corrected chi connectivity index (χ2v) is 8.63. The Balaban J connectivity index is 1.58. The van der Waals surface area contributed by atoms with Crippen LogP contribution in [-0.2, 0) is 21.5 Å².